The van der Waals surface area contributed by atoms with E-state index in [4.69, 9.17) is 11.6 Å². The minimum atomic E-state index is -0.633. The van der Waals surface area contributed by atoms with Crippen molar-refractivity contribution < 1.29 is 19.2 Å². The highest BCUT2D eigenvalue weighted by Gasteiger charge is 2.41. The molecule has 4 rings (SSSR count). The Hall–Kier alpha value is -3.39. The lowest BCUT2D eigenvalue weighted by atomic mass is 10.0. The predicted octanol–water partition coefficient (Wildman–Crippen LogP) is 3.07. The van der Waals surface area contributed by atoms with E-state index in [1.807, 2.05) is 19.1 Å². The summed E-state index contributed by atoms with van der Waals surface area (Å²) in [6, 6.07) is 9.63. The highest BCUT2D eigenvalue weighted by atomic mass is 35.5. The van der Waals surface area contributed by atoms with E-state index in [-0.39, 0.29) is 36.7 Å². The van der Waals surface area contributed by atoms with E-state index >= 15 is 0 Å². The van der Waals surface area contributed by atoms with Gasteiger partial charge in [0.15, 0.2) is 0 Å². The van der Waals surface area contributed by atoms with Gasteiger partial charge >= 0.3 is 6.03 Å². The first-order valence-corrected chi connectivity index (χ1v) is 10.7. The molecule has 1 atom stereocenters. The second-order valence-electron chi connectivity index (χ2n) is 8.04. The summed E-state index contributed by atoms with van der Waals surface area (Å²) >= 11 is 6.08. The maximum Gasteiger partial charge on any atom is 0.319 e. The van der Waals surface area contributed by atoms with E-state index in [9.17, 15) is 19.2 Å². The van der Waals surface area contributed by atoms with Gasteiger partial charge in [-0.2, -0.15) is 0 Å². The van der Waals surface area contributed by atoms with Gasteiger partial charge in [0.2, 0.25) is 5.91 Å². The molecule has 0 aliphatic carbocycles. The van der Waals surface area contributed by atoms with E-state index < -0.39 is 6.04 Å². The van der Waals surface area contributed by atoms with Crippen molar-refractivity contribution in [1.29, 1.82) is 0 Å². The second kappa shape index (κ2) is 8.63. The molecule has 5 amide bonds. The fraction of sp³-hybridized carbons (Fsp3) is 0.304. The van der Waals surface area contributed by atoms with Crippen LogP contribution in [0.5, 0.6) is 0 Å². The van der Waals surface area contributed by atoms with Crippen LogP contribution in [0, 0.1) is 6.92 Å². The number of aryl methyl sites for hydroxylation is 1. The number of nitrogens with one attached hydrogen (secondary N) is 2. The Balaban J connectivity index is 1.39. The third kappa shape index (κ3) is 4.18. The molecular weight excluding hydrogens is 432 g/mol. The SMILES string of the molecule is Cc1ccc(NC(=O)NCc2ccc3c(c2)CN(C2CCC(=O)N(C)C2=O)C3=O)cc1Cl. The molecule has 2 aromatic carbocycles. The van der Waals surface area contributed by atoms with E-state index in [0.717, 1.165) is 21.6 Å². The van der Waals surface area contributed by atoms with Gasteiger partial charge in [-0.05, 0) is 48.2 Å². The van der Waals surface area contributed by atoms with Crippen molar-refractivity contribution in [3.8, 4) is 0 Å². The number of nitrogens with zero attached hydrogens (tertiary/aromatic N) is 2. The molecule has 0 saturated carbocycles. The van der Waals surface area contributed by atoms with Gasteiger partial charge in [-0.15, -0.1) is 0 Å². The van der Waals surface area contributed by atoms with Crippen LogP contribution >= 0.6 is 11.6 Å². The van der Waals surface area contributed by atoms with Gasteiger partial charge in [0.1, 0.15) is 6.04 Å². The molecule has 32 heavy (non-hydrogen) atoms. The predicted molar refractivity (Wildman–Crippen MR) is 119 cm³/mol. The molecular formula is C23H23ClN4O4. The zero-order chi connectivity index (χ0) is 23.0. The number of benzene rings is 2. The summed E-state index contributed by atoms with van der Waals surface area (Å²) in [5.41, 5.74) is 3.69. The van der Waals surface area contributed by atoms with Gasteiger partial charge in [-0.1, -0.05) is 29.8 Å². The number of amides is 5. The van der Waals surface area contributed by atoms with E-state index in [0.29, 0.717) is 29.2 Å². The number of likely N-dealkylation sites (tertiary alicyclic amines) is 1. The minimum absolute atomic E-state index is 0.213. The summed E-state index contributed by atoms with van der Waals surface area (Å²) in [5.74, 6) is -0.790. The number of carbonyl (C=O) groups excluding carboxylic acids is 4. The van der Waals surface area contributed by atoms with Gasteiger partial charge in [-0.3, -0.25) is 19.3 Å². The second-order valence-corrected chi connectivity index (χ2v) is 8.45. The van der Waals surface area contributed by atoms with Crippen LogP contribution in [0.4, 0.5) is 10.5 Å². The first-order chi connectivity index (χ1) is 15.2. The van der Waals surface area contributed by atoms with Crippen molar-refractivity contribution in [3.63, 3.8) is 0 Å². The van der Waals surface area contributed by atoms with Crippen molar-refractivity contribution in [2.24, 2.45) is 0 Å². The molecule has 0 spiro atoms. The third-order valence-electron chi connectivity index (χ3n) is 5.88. The van der Waals surface area contributed by atoms with Crippen LogP contribution in [0.25, 0.3) is 0 Å². The maximum atomic E-state index is 12.8. The van der Waals surface area contributed by atoms with Crippen LogP contribution < -0.4 is 10.6 Å². The van der Waals surface area contributed by atoms with Gasteiger partial charge in [0.05, 0.1) is 0 Å². The topological polar surface area (TPSA) is 98.8 Å². The molecule has 2 aliphatic rings. The van der Waals surface area contributed by atoms with Gasteiger partial charge < -0.3 is 15.5 Å². The number of fused-ring (bicyclic) bond motifs is 1. The highest BCUT2D eigenvalue weighted by Crippen LogP contribution is 2.29. The van der Waals surface area contributed by atoms with Crippen LogP contribution in [0.1, 0.15) is 39.9 Å². The van der Waals surface area contributed by atoms with Gasteiger partial charge in [0, 0.05) is 42.8 Å². The van der Waals surface area contributed by atoms with Crippen LogP contribution in [0.3, 0.4) is 0 Å². The first kappa shape index (κ1) is 21.8. The smallest absolute Gasteiger partial charge is 0.319 e. The average Bonchev–Trinajstić information content (AvgIpc) is 3.09. The number of likely N-dealkylation sites (N-methyl/N-ethyl adjacent to an activating group) is 1. The molecule has 1 fully saturated rings. The molecule has 2 heterocycles. The fourth-order valence-electron chi connectivity index (χ4n) is 3.97. The van der Waals surface area contributed by atoms with Crippen LogP contribution in [0.2, 0.25) is 5.02 Å². The molecule has 1 unspecified atom stereocenters. The number of hydrogen-bond acceptors (Lipinski definition) is 4. The fourth-order valence-corrected chi connectivity index (χ4v) is 4.15. The minimum Gasteiger partial charge on any atom is -0.334 e. The van der Waals surface area contributed by atoms with Gasteiger partial charge in [0.25, 0.3) is 11.8 Å². The Bertz CT molecular complexity index is 1130. The van der Waals surface area contributed by atoms with Crippen molar-refractivity contribution in [2.75, 3.05) is 12.4 Å². The Morgan fingerprint density at radius 3 is 2.69 bits per heavy atom. The number of anilines is 1. The molecule has 1 saturated heterocycles. The number of carbonyl (C=O) groups is 4. The molecule has 8 nitrogen and oxygen atoms in total. The van der Waals surface area contributed by atoms with Crippen LogP contribution in [-0.2, 0) is 22.7 Å². The summed E-state index contributed by atoms with van der Waals surface area (Å²) in [4.78, 5) is 51.9. The monoisotopic (exact) mass is 454 g/mol. The molecule has 2 aliphatic heterocycles. The summed E-state index contributed by atoms with van der Waals surface area (Å²) in [6.45, 7) is 2.45. The molecule has 0 aromatic heterocycles. The lowest BCUT2D eigenvalue weighted by Gasteiger charge is -2.33. The van der Waals surface area contributed by atoms with E-state index in [1.165, 1.54) is 11.9 Å². The molecule has 0 bridgehead atoms. The number of hydrogen-bond donors (Lipinski definition) is 2. The van der Waals surface area contributed by atoms with Crippen molar-refractivity contribution >= 4 is 41.0 Å². The third-order valence-corrected chi connectivity index (χ3v) is 6.29. The number of piperidine rings is 1. The summed E-state index contributed by atoms with van der Waals surface area (Å²) < 4.78 is 0. The van der Waals surface area contributed by atoms with Crippen molar-refractivity contribution in [2.45, 2.75) is 38.9 Å². The maximum absolute atomic E-state index is 12.8. The summed E-state index contributed by atoms with van der Waals surface area (Å²) in [7, 11) is 1.45. The Kier molecular flexibility index (Phi) is 5.88. The molecule has 0 radical (unpaired) electrons. The standard InChI is InChI=1S/C23H23ClN4O4/c1-13-3-5-16(10-18(13)24)26-23(32)25-11-14-4-6-17-15(9-14)12-28(21(17)30)19-7-8-20(29)27(2)22(19)31/h3-6,9-10,19H,7-8,11-12H2,1-2H3,(H2,25,26,32). The lowest BCUT2D eigenvalue weighted by molar-refractivity contribution is -0.150. The Labute approximate surface area is 190 Å². The normalized spacial score (nSPS) is 18.1. The Morgan fingerprint density at radius 1 is 1.16 bits per heavy atom. The molecule has 2 aromatic rings. The quantitative estimate of drug-likeness (QED) is 0.693. The average molecular weight is 455 g/mol. The summed E-state index contributed by atoms with van der Waals surface area (Å²) in [5, 5.41) is 6.09. The lowest BCUT2D eigenvalue weighted by Crippen LogP contribution is -2.53. The zero-order valence-electron chi connectivity index (χ0n) is 17.8. The Morgan fingerprint density at radius 2 is 1.94 bits per heavy atom. The molecule has 2 N–H and O–H groups in total. The van der Waals surface area contributed by atoms with E-state index in [1.54, 1.807) is 24.3 Å². The largest absolute Gasteiger partial charge is 0.334 e. The zero-order valence-corrected chi connectivity index (χ0v) is 18.5. The van der Waals surface area contributed by atoms with Gasteiger partial charge in [-0.25, -0.2) is 4.79 Å². The van der Waals surface area contributed by atoms with Crippen LogP contribution in [-0.4, -0.2) is 46.6 Å². The van der Waals surface area contributed by atoms with Crippen LogP contribution in [0.15, 0.2) is 36.4 Å². The molecule has 9 heteroatoms. The number of halogens is 1. The first-order valence-electron chi connectivity index (χ1n) is 10.3. The highest BCUT2D eigenvalue weighted by molar-refractivity contribution is 6.31. The molecule has 166 valence electrons. The number of imide groups is 1. The van der Waals surface area contributed by atoms with Crippen molar-refractivity contribution in [1.82, 2.24) is 15.1 Å². The number of urea groups is 1. The summed E-state index contributed by atoms with van der Waals surface area (Å²) in [6.07, 6.45) is 0.572. The van der Waals surface area contributed by atoms with Crippen molar-refractivity contribution in [3.05, 3.63) is 63.7 Å². The van der Waals surface area contributed by atoms with E-state index in [2.05, 4.69) is 10.6 Å². The number of rotatable bonds is 4.